The Labute approximate surface area is 104 Å². The quantitative estimate of drug-likeness (QED) is 0.779. The fraction of sp³-hybridized carbons (Fsp3) is 0.923. The van der Waals surface area contributed by atoms with Crippen molar-refractivity contribution in [3.05, 3.63) is 0 Å². The highest BCUT2D eigenvalue weighted by Gasteiger charge is 2.32. The van der Waals surface area contributed by atoms with Gasteiger partial charge in [0.15, 0.2) is 0 Å². The van der Waals surface area contributed by atoms with Crippen molar-refractivity contribution in [3.8, 4) is 0 Å². The van der Waals surface area contributed by atoms with Crippen molar-refractivity contribution in [2.24, 2.45) is 0 Å². The third kappa shape index (κ3) is 3.60. The van der Waals surface area contributed by atoms with Gasteiger partial charge in [0.2, 0.25) is 0 Å². The lowest BCUT2D eigenvalue weighted by Crippen LogP contribution is -2.53. The lowest BCUT2D eigenvalue weighted by Gasteiger charge is -2.39. The molecule has 1 rings (SSSR count). The van der Waals surface area contributed by atoms with E-state index < -0.39 is 6.09 Å². The molecule has 0 spiro atoms. The van der Waals surface area contributed by atoms with Gasteiger partial charge in [0.25, 0.3) is 0 Å². The Morgan fingerprint density at radius 2 is 2.00 bits per heavy atom. The Morgan fingerprint density at radius 3 is 2.41 bits per heavy atom. The molecule has 100 valence electrons. The number of nitrogens with one attached hydrogen (secondary N) is 1. The van der Waals surface area contributed by atoms with Crippen molar-refractivity contribution < 1.29 is 9.90 Å². The van der Waals surface area contributed by atoms with E-state index in [-0.39, 0.29) is 18.1 Å². The normalized spacial score (nSPS) is 20.9. The zero-order valence-corrected chi connectivity index (χ0v) is 11.3. The predicted octanol–water partition coefficient (Wildman–Crippen LogP) is 2.69. The predicted molar refractivity (Wildman–Crippen MR) is 69.3 cm³/mol. The SMILES string of the molecule is CCC(NC)C(C)N(C(=O)O)C1CCCCC1. The number of carbonyl (C=O) groups is 1. The van der Waals surface area contributed by atoms with Gasteiger partial charge in [0, 0.05) is 18.1 Å². The number of amides is 1. The van der Waals surface area contributed by atoms with E-state index in [1.165, 1.54) is 6.42 Å². The molecule has 17 heavy (non-hydrogen) atoms. The maximum atomic E-state index is 11.5. The molecule has 1 saturated carbocycles. The third-order valence-corrected chi connectivity index (χ3v) is 4.02. The molecule has 1 aliphatic rings. The number of rotatable bonds is 5. The minimum Gasteiger partial charge on any atom is -0.465 e. The van der Waals surface area contributed by atoms with Crippen molar-refractivity contribution in [1.29, 1.82) is 0 Å². The number of carboxylic acid groups (broad SMARTS) is 1. The van der Waals surface area contributed by atoms with E-state index in [4.69, 9.17) is 0 Å². The van der Waals surface area contributed by atoms with Gasteiger partial charge in [0.05, 0.1) is 0 Å². The lowest BCUT2D eigenvalue weighted by molar-refractivity contribution is 0.0762. The Hall–Kier alpha value is -0.770. The first-order valence-corrected chi connectivity index (χ1v) is 6.80. The van der Waals surface area contributed by atoms with Crippen LogP contribution in [0.25, 0.3) is 0 Å². The molecule has 1 fully saturated rings. The molecular formula is C13H26N2O2. The van der Waals surface area contributed by atoms with E-state index >= 15 is 0 Å². The summed E-state index contributed by atoms with van der Waals surface area (Å²) < 4.78 is 0. The molecule has 2 unspecified atom stereocenters. The first kappa shape index (κ1) is 14.3. The topological polar surface area (TPSA) is 52.6 Å². The summed E-state index contributed by atoms with van der Waals surface area (Å²) in [6.45, 7) is 4.12. The molecule has 0 bridgehead atoms. The van der Waals surface area contributed by atoms with Crippen LogP contribution in [0.3, 0.4) is 0 Å². The van der Waals surface area contributed by atoms with Crippen LogP contribution in [0.4, 0.5) is 4.79 Å². The monoisotopic (exact) mass is 242 g/mol. The van der Waals surface area contributed by atoms with E-state index in [0.29, 0.717) is 0 Å². The summed E-state index contributed by atoms with van der Waals surface area (Å²) in [6, 6.07) is 0.511. The van der Waals surface area contributed by atoms with Crippen LogP contribution >= 0.6 is 0 Å². The summed E-state index contributed by atoms with van der Waals surface area (Å²) in [5, 5.41) is 12.7. The highest BCUT2D eigenvalue weighted by Crippen LogP contribution is 2.25. The Kier molecular flexibility index (Phi) is 5.75. The van der Waals surface area contributed by atoms with Crippen LogP contribution in [-0.4, -0.2) is 41.3 Å². The minimum atomic E-state index is -0.766. The van der Waals surface area contributed by atoms with Gasteiger partial charge in [-0.25, -0.2) is 4.79 Å². The molecule has 0 aromatic heterocycles. The summed E-state index contributed by atoms with van der Waals surface area (Å²) in [6.07, 6.45) is 5.82. The van der Waals surface area contributed by atoms with Crippen molar-refractivity contribution in [3.63, 3.8) is 0 Å². The Morgan fingerprint density at radius 1 is 1.41 bits per heavy atom. The molecule has 1 amide bonds. The first-order valence-electron chi connectivity index (χ1n) is 6.80. The Bertz CT molecular complexity index is 236. The minimum absolute atomic E-state index is 0.0469. The highest BCUT2D eigenvalue weighted by atomic mass is 16.4. The van der Waals surface area contributed by atoms with Gasteiger partial charge in [-0.2, -0.15) is 0 Å². The molecule has 4 nitrogen and oxygen atoms in total. The van der Waals surface area contributed by atoms with E-state index in [1.54, 1.807) is 4.90 Å². The van der Waals surface area contributed by atoms with Crippen LogP contribution in [0.15, 0.2) is 0 Å². The smallest absolute Gasteiger partial charge is 0.407 e. The van der Waals surface area contributed by atoms with Gasteiger partial charge in [-0.1, -0.05) is 26.2 Å². The fourth-order valence-electron chi connectivity index (χ4n) is 3.00. The molecule has 0 radical (unpaired) electrons. The molecular weight excluding hydrogens is 216 g/mol. The highest BCUT2D eigenvalue weighted by molar-refractivity contribution is 5.66. The van der Waals surface area contributed by atoms with Gasteiger partial charge < -0.3 is 15.3 Å². The van der Waals surface area contributed by atoms with Crippen LogP contribution < -0.4 is 5.32 Å². The molecule has 1 aliphatic carbocycles. The summed E-state index contributed by atoms with van der Waals surface area (Å²) in [4.78, 5) is 13.2. The van der Waals surface area contributed by atoms with E-state index in [1.807, 2.05) is 14.0 Å². The maximum Gasteiger partial charge on any atom is 0.407 e. The van der Waals surface area contributed by atoms with Gasteiger partial charge in [0.1, 0.15) is 0 Å². The number of nitrogens with zero attached hydrogens (tertiary/aromatic N) is 1. The molecule has 4 heteroatoms. The van der Waals surface area contributed by atoms with Crippen LogP contribution in [0, 0.1) is 0 Å². The van der Waals surface area contributed by atoms with Gasteiger partial charge in [-0.05, 0) is 33.2 Å². The van der Waals surface area contributed by atoms with Crippen molar-refractivity contribution >= 4 is 6.09 Å². The second kappa shape index (κ2) is 6.84. The van der Waals surface area contributed by atoms with Crippen LogP contribution in [0.2, 0.25) is 0 Å². The van der Waals surface area contributed by atoms with Crippen LogP contribution in [0.1, 0.15) is 52.4 Å². The van der Waals surface area contributed by atoms with Crippen LogP contribution in [0.5, 0.6) is 0 Å². The average molecular weight is 242 g/mol. The summed E-state index contributed by atoms with van der Waals surface area (Å²) in [5.74, 6) is 0. The maximum absolute atomic E-state index is 11.5. The van der Waals surface area contributed by atoms with Crippen molar-refractivity contribution in [1.82, 2.24) is 10.2 Å². The molecule has 2 N–H and O–H groups in total. The largest absolute Gasteiger partial charge is 0.465 e. The molecule has 0 aromatic rings. The summed E-state index contributed by atoms with van der Waals surface area (Å²) in [7, 11) is 1.91. The second-order valence-corrected chi connectivity index (χ2v) is 5.03. The van der Waals surface area contributed by atoms with E-state index in [2.05, 4.69) is 12.2 Å². The lowest BCUT2D eigenvalue weighted by atomic mass is 9.92. The summed E-state index contributed by atoms with van der Waals surface area (Å²) in [5.41, 5.74) is 0. The fourth-order valence-corrected chi connectivity index (χ4v) is 3.00. The van der Waals surface area contributed by atoms with Crippen LogP contribution in [-0.2, 0) is 0 Å². The number of hydrogen-bond acceptors (Lipinski definition) is 2. The van der Waals surface area contributed by atoms with Crippen molar-refractivity contribution in [2.45, 2.75) is 70.5 Å². The Balaban J connectivity index is 2.72. The summed E-state index contributed by atoms with van der Waals surface area (Å²) >= 11 is 0. The molecule has 0 aromatic carbocycles. The number of likely N-dealkylation sites (N-methyl/N-ethyl adjacent to an activating group) is 1. The zero-order valence-electron chi connectivity index (χ0n) is 11.3. The third-order valence-electron chi connectivity index (χ3n) is 4.02. The van der Waals surface area contributed by atoms with Gasteiger partial charge in [-0.15, -0.1) is 0 Å². The average Bonchev–Trinajstić information content (AvgIpc) is 2.31. The molecule has 0 heterocycles. The molecule has 0 aliphatic heterocycles. The molecule has 0 saturated heterocycles. The second-order valence-electron chi connectivity index (χ2n) is 5.03. The number of hydrogen-bond donors (Lipinski definition) is 2. The van der Waals surface area contributed by atoms with E-state index in [9.17, 15) is 9.90 Å². The molecule has 2 atom stereocenters. The van der Waals surface area contributed by atoms with E-state index in [0.717, 1.165) is 32.1 Å². The van der Waals surface area contributed by atoms with Crippen molar-refractivity contribution in [2.75, 3.05) is 7.05 Å². The zero-order chi connectivity index (χ0) is 12.8. The first-order chi connectivity index (χ1) is 8.11. The standard InChI is InChI=1S/C13H26N2O2/c1-4-12(14-3)10(2)15(13(16)17)11-8-6-5-7-9-11/h10-12,14H,4-9H2,1-3H3,(H,16,17). The van der Waals surface area contributed by atoms with Gasteiger partial charge in [-0.3, -0.25) is 0 Å². The van der Waals surface area contributed by atoms with Gasteiger partial charge >= 0.3 is 6.09 Å².